The molecule has 2 aromatic carbocycles. The van der Waals surface area contributed by atoms with Crippen molar-refractivity contribution in [3.05, 3.63) is 66.0 Å². The first-order valence-electron chi connectivity index (χ1n) is 5.72. The molecule has 0 radical (unpaired) electrons. The molecule has 0 aromatic heterocycles. The second-order valence-electron chi connectivity index (χ2n) is 3.85. The number of halogens is 1. The molecule has 3 heteroatoms. The lowest BCUT2D eigenvalue weighted by Crippen LogP contribution is -2.06. The summed E-state index contributed by atoms with van der Waals surface area (Å²) in [6.45, 7) is 0.247. The third-order valence-corrected chi connectivity index (χ3v) is 2.49. The van der Waals surface area contributed by atoms with Gasteiger partial charge >= 0.3 is 0 Å². The Bertz CT molecular complexity index is 523. The van der Waals surface area contributed by atoms with Gasteiger partial charge in [0.25, 0.3) is 0 Å². The third kappa shape index (κ3) is 3.42. The largest absolute Gasteiger partial charge is 0.493 e. The van der Waals surface area contributed by atoms with Crippen LogP contribution in [-0.2, 0) is 0 Å². The Morgan fingerprint density at radius 2 is 1.83 bits per heavy atom. The molecule has 0 amide bonds. The maximum Gasteiger partial charge on any atom is 0.166 e. The molecule has 0 atom stereocenters. The lowest BCUT2D eigenvalue weighted by molar-refractivity contribution is 0.0962. The van der Waals surface area contributed by atoms with Crippen LogP contribution in [0.25, 0.3) is 0 Å². The third-order valence-electron chi connectivity index (χ3n) is 2.49. The lowest BCUT2D eigenvalue weighted by atomic mass is 10.1. The summed E-state index contributed by atoms with van der Waals surface area (Å²) in [5.41, 5.74) is 0.667. The summed E-state index contributed by atoms with van der Waals surface area (Å²) < 4.78 is 18.2. The van der Waals surface area contributed by atoms with E-state index in [1.165, 1.54) is 12.1 Å². The van der Waals surface area contributed by atoms with Gasteiger partial charge in [0.1, 0.15) is 11.6 Å². The number of carbonyl (C=O) groups excluding carboxylic acids is 1. The van der Waals surface area contributed by atoms with E-state index < -0.39 is 0 Å². The highest BCUT2D eigenvalue weighted by Gasteiger charge is 2.05. The molecule has 0 heterocycles. The Morgan fingerprint density at radius 1 is 1.06 bits per heavy atom. The van der Waals surface area contributed by atoms with Gasteiger partial charge in [-0.15, -0.1) is 0 Å². The summed E-state index contributed by atoms with van der Waals surface area (Å²) in [7, 11) is 0. The summed E-state index contributed by atoms with van der Waals surface area (Å²) in [5.74, 6) is 0.116. The van der Waals surface area contributed by atoms with Crippen LogP contribution in [0.1, 0.15) is 16.8 Å². The zero-order chi connectivity index (χ0) is 12.8. The fraction of sp³-hybridized carbons (Fsp3) is 0.133. The van der Waals surface area contributed by atoms with Crippen molar-refractivity contribution in [1.82, 2.24) is 0 Å². The molecule has 2 nitrogen and oxygen atoms in total. The predicted octanol–water partition coefficient (Wildman–Crippen LogP) is 3.48. The molecule has 92 valence electrons. The quantitative estimate of drug-likeness (QED) is 0.753. The van der Waals surface area contributed by atoms with Crippen LogP contribution in [0.3, 0.4) is 0 Å². The molecule has 0 aliphatic rings. The van der Waals surface area contributed by atoms with Crippen LogP contribution in [-0.4, -0.2) is 12.4 Å². The van der Waals surface area contributed by atoms with E-state index in [4.69, 9.17) is 4.74 Å². The molecule has 2 aromatic rings. The summed E-state index contributed by atoms with van der Waals surface area (Å²) in [6.07, 6.45) is 0.278. The Balaban J connectivity index is 1.84. The average Bonchev–Trinajstić information content (AvgIpc) is 2.40. The number of rotatable bonds is 5. The Hall–Kier alpha value is -2.16. The van der Waals surface area contributed by atoms with Gasteiger partial charge < -0.3 is 4.74 Å². The Kier molecular flexibility index (Phi) is 4.07. The first-order chi connectivity index (χ1) is 8.75. The van der Waals surface area contributed by atoms with E-state index in [0.717, 1.165) is 0 Å². The molecule has 0 spiro atoms. The van der Waals surface area contributed by atoms with Crippen molar-refractivity contribution in [2.75, 3.05) is 6.61 Å². The van der Waals surface area contributed by atoms with Crippen molar-refractivity contribution in [2.24, 2.45) is 0 Å². The van der Waals surface area contributed by atoms with Crippen LogP contribution in [0, 0.1) is 5.82 Å². The van der Waals surface area contributed by atoms with Gasteiger partial charge in [0.05, 0.1) is 6.61 Å². The molecule has 2 rings (SSSR count). The zero-order valence-electron chi connectivity index (χ0n) is 9.80. The van der Waals surface area contributed by atoms with Crippen molar-refractivity contribution in [3.8, 4) is 5.75 Å². The van der Waals surface area contributed by atoms with Crippen LogP contribution in [0.5, 0.6) is 5.75 Å². The smallest absolute Gasteiger partial charge is 0.166 e. The molecule has 0 aliphatic carbocycles. The van der Waals surface area contributed by atoms with Crippen LogP contribution in [0.4, 0.5) is 4.39 Å². The number of carbonyl (C=O) groups is 1. The monoisotopic (exact) mass is 244 g/mol. The van der Waals surface area contributed by atoms with Gasteiger partial charge in [-0.25, -0.2) is 4.39 Å². The van der Waals surface area contributed by atoms with Crippen LogP contribution < -0.4 is 4.74 Å². The van der Waals surface area contributed by atoms with Gasteiger partial charge in [0.2, 0.25) is 0 Å². The highest BCUT2D eigenvalue weighted by Crippen LogP contribution is 2.12. The van der Waals surface area contributed by atoms with Crippen molar-refractivity contribution >= 4 is 5.78 Å². The summed E-state index contributed by atoms with van der Waals surface area (Å²) in [5, 5.41) is 0. The molecule has 0 N–H and O–H groups in total. The standard InChI is InChI=1S/C15H13FO2/c16-13-7-4-8-14(11-13)18-10-9-15(17)12-5-2-1-3-6-12/h1-8,11H,9-10H2. The zero-order valence-corrected chi connectivity index (χ0v) is 9.80. The van der Waals surface area contributed by atoms with Gasteiger partial charge in [-0.1, -0.05) is 36.4 Å². The second kappa shape index (κ2) is 5.96. The summed E-state index contributed by atoms with van der Waals surface area (Å²) >= 11 is 0. The molecular weight excluding hydrogens is 231 g/mol. The molecule has 0 aliphatic heterocycles. The molecule has 18 heavy (non-hydrogen) atoms. The SMILES string of the molecule is O=C(CCOc1cccc(F)c1)c1ccccc1. The summed E-state index contributed by atoms with van der Waals surface area (Å²) in [6, 6.07) is 14.9. The number of hydrogen-bond acceptors (Lipinski definition) is 2. The average molecular weight is 244 g/mol. The molecule has 0 unspecified atom stereocenters. The lowest BCUT2D eigenvalue weighted by Gasteiger charge is -2.05. The number of hydrogen-bond donors (Lipinski definition) is 0. The maximum absolute atomic E-state index is 12.9. The fourth-order valence-corrected chi connectivity index (χ4v) is 1.59. The van der Waals surface area contributed by atoms with Gasteiger partial charge in [-0.2, -0.15) is 0 Å². The molecule has 0 bridgehead atoms. The second-order valence-corrected chi connectivity index (χ2v) is 3.85. The van der Waals surface area contributed by atoms with Crippen LogP contribution >= 0.6 is 0 Å². The van der Waals surface area contributed by atoms with E-state index >= 15 is 0 Å². The maximum atomic E-state index is 12.9. The minimum Gasteiger partial charge on any atom is -0.493 e. The fourth-order valence-electron chi connectivity index (χ4n) is 1.59. The minimum absolute atomic E-state index is 0.0204. The predicted molar refractivity (Wildman–Crippen MR) is 67.3 cm³/mol. The Labute approximate surface area is 105 Å². The topological polar surface area (TPSA) is 26.3 Å². The summed E-state index contributed by atoms with van der Waals surface area (Å²) in [4.78, 5) is 11.7. The molecular formula is C15H13FO2. The number of ketones is 1. The molecule has 0 saturated carbocycles. The first-order valence-corrected chi connectivity index (χ1v) is 5.72. The minimum atomic E-state index is -0.345. The number of ether oxygens (including phenoxy) is 1. The molecule has 0 fully saturated rings. The van der Waals surface area contributed by atoms with Crippen molar-refractivity contribution in [3.63, 3.8) is 0 Å². The van der Waals surface area contributed by atoms with Gasteiger partial charge in [0, 0.05) is 18.1 Å². The number of Topliss-reactive ketones (excluding diaryl/α,β-unsaturated/α-hetero) is 1. The van der Waals surface area contributed by atoms with Crippen LogP contribution in [0.15, 0.2) is 54.6 Å². The first kappa shape index (κ1) is 12.3. The highest BCUT2D eigenvalue weighted by molar-refractivity contribution is 5.96. The highest BCUT2D eigenvalue weighted by atomic mass is 19.1. The van der Waals surface area contributed by atoms with E-state index in [0.29, 0.717) is 11.3 Å². The normalized spacial score (nSPS) is 10.1. The van der Waals surface area contributed by atoms with E-state index in [1.54, 1.807) is 24.3 Å². The van der Waals surface area contributed by atoms with Gasteiger partial charge in [-0.3, -0.25) is 4.79 Å². The number of benzene rings is 2. The van der Waals surface area contributed by atoms with E-state index in [9.17, 15) is 9.18 Å². The van der Waals surface area contributed by atoms with Crippen molar-refractivity contribution in [2.45, 2.75) is 6.42 Å². The van der Waals surface area contributed by atoms with Crippen molar-refractivity contribution < 1.29 is 13.9 Å². The van der Waals surface area contributed by atoms with E-state index in [-0.39, 0.29) is 24.6 Å². The van der Waals surface area contributed by atoms with Gasteiger partial charge in [0.15, 0.2) is 5.78 Å². The molecule has 0 saturated heterocycles. The Morgan fingerprint density at radius 3 is 2.56 bits per heavy atom. The van der Waals surface area contributed by atoms with E-state index in [1.807, 2.05) is 18.2 Å². The van der Waals surface area contributed by atoms with Crippen LogP contribution in [0.2, 0.25) is 0 Å². The van der Waals surface area contributed by atoms with Crippen molar-refractivity contribution in [1.29, 1.82) is 0 Å². The van der Waals surface area contributed by atoms with E-state index in [2.05, 4.69) is 0 Å². The van der Waals surface area contributed by atoms with Gasteiger partial charge in [-0.05, 0) is 12.1 Å².